The molecule has 1 aromatic rings. The Morgan fingerprint density at radius 3 is 2.79 bits per heavy atom. The summed E-state index contributed by atoms with van der Waals surface area (Å²) >= 11 is 0. The van der Waals surface area contributed by atoms with Crippen molar-refractivity contribution in [1.82, 2.24) is 15.5 Å². The van der Waals surface area contributed by atoms with Crippen molar-refractivity contribution in [1.29, 1.82) is 0 Å². The van der Waals surface area contributed by atoms with Gasteiger partial charge in [-0.25, -0.2) is 0 Å². The largest absolute Gasteiger partial charge is 0.489 e. The molecule has 156 valence electrons. The van der Waals surface area contributed by atoms with Crippen LogP contribution in [0.1, 0.15) is 67.8 Å². The van der Waals surface area contributed by atoms with E-state index in [0.717, 1.165) is 37.1 Å². The van der Waals surface area contributed by atoms with E-state index in [1.54, 1.807) is 11.0 Å². The molecule has 4 rings (SSSR count). The van der Waals surface area contributed by atoms with Crippen LogP contribution in [-0.4, -0.2) is 47.4 Å². The van der Waals surface area contributed by atoms with Crippen molar-refractivity contribution in [2.24, 2.45) is 0 Å². The Bertz CT molecular complexity index is 809. The van der Waals surface area contributed by atoms with Gasteiger partial charge in [0.1, 0.15) is 17.9 Å². The van der Waals surface area contributed by atoms with Crippen molar-refractivity contribution in [3.63, 3.8) is 0 Å². The molecule has 0 aromatic heterocycles. The van der Waals surface area contributed by atoms with E-state index < -0.39 is 6.04 Å². The lowest BCUT2D eigenvalue weighted by molar-refractivity contribution is -0.136. The molecular formula is C22H29N3O4. The van der Waals surface area contributed by atoms with Gasteiger partial charge >= 0.3 is 0 Å². The first-order valence-corrected chi connectivity index (χ1v) is 10.7. The maximum Gasteiger partial charge on any atom is 0.255 e. The summed E-state index contributed by atoms with van der Waals surface area (Å²) < 4.78 is 6.33. The average molecular weight is 399 g/mol. The predicted octanol–water partition coefficient (Wildman–Crippen LogP) is 2.14. The fraction of sp³-hybridized carbons (Fsp3) is 0.591. The summed E-state index contributed by atoms with van der Waals surface area (Å²) in [5.74, 6) is -0.0335. The van der Waals surface area contributed by atoms with Crippen molar-refractivity contribution in [3.8, 4) is 5.75 Å². The van der Waals surface area contributed by atoms with Crippen LogP contribution < -0.4 is 15.4 Å². The van der Waals surface area contributed by atoms with Gasteiger partial charge in [-0.15, -0.1) is 0 Å². The van der Waals surface area contributed by atoms with Crippen molar-refractivity contribution < 1.29 is 19.1 Å². The summed E-state index contributed by atoms with van der Waals surface area (Å²) in [6, 6.07) is 5.37. The summed E-state index contributed by atoms with van der Waals surface area (Å²) in [5.41, 5.74) is 1.50. The van der Waals surface area contributed by atoms with Gasteiger partial charge in [0.25, 0.3) is 5.91 Å². The van der Waals surface area contributed by atoms with E-state index in [1.165, 1.54) is 12.8 Å². The maximum atomic E-state index is 12.8. The number of piperidine rings is 1. The van der Waals surface area contributed by atoms with Crippen LogP contribution in [0.5, 0.6) is 5.75 Å². The van der Waals surface area contributed by atoms with Crippen LogP contribution in [0, 0.1) is 0 Å². The van der Waals surface area contributed by atoms with Gasteiger partial charge in [0.15, 0.2) is 0 Å². The normalized spacial score (nSPS) is 27.0. The van der Waals surface area contributed by atoms with Crippen LogP contribution in [0.4, 0.5) is 0 Å². The van der Waals surface area contributed by atoms with Crippen LogP contribution in [0.3, 0.4) is 0 Å². The summed E-state index contributed by atoms with van der Waals surface area (Å²) in [7, 11) is 0. The number of carbonyl (C=O) groups excluding carboxylic acids is 3. The molecule has 3 atom stereocenters. The Hall–Kier alpha value is -2.41. The van der Waals surface area contributed by atoms with Crippen molar-refractivity contribution in [2.75, 3.05) is 6.54 Å². The molecule has 1 aliphatic carbocycles. The number of carbonyl (C=O) groups is 3. The Kier molecular flexibility index (Phi) is 5.85. The second-order valence-corrected chi connectivity index (χ2v) is 8.22. The first-order valence-electron chi connectivity index (χ1n) is 10.7. The molecule has 7 heteroatoms. The second kappa shape index (κ2) is 8.53. The summed E-state index contributed by atoms with van der Waals surface area (Å²) in [6.07, 6.45) is 6.41. The van der Waals surface area contributed by atoms with Gasteiger partial charge in [-0.05, 0) is 62.4 Å². The first kappa shape index (κ1) is 19.9. The number of fused-ring (bicyclic) bond motifs is 1. The minimum Gasteiger partial charge on any atom is -0.489 e. The van der Waals surface area contributed by atoms with E-state index in [0.29, 0.717) is 24.6 Å². The minimum absolute atomic E-state index is 0.136. The van der Waals surface area contributed by atoms with Crippen LogP contribution in [0.15, 0.2) is 18.2 Å². The quantitative estimate of drug-likeness (QED) is 0.716. The zero-order chi connectivity index (χ0) is 20.4. The second-order valence-electron chi connectivity index (χ2n) is 8.22. The summed E-state index contributed by atoms with van der Waals surface area (Å²) in [6.45, 7) is 3.53. The molecule has 0 radical (unpaired) electrons. The fourth-order valence-electron chi connectivity index (χ4n) is 4.60. The Labute approximate surface area is 171 Å². The molecule has 2 fully saturated rings. The number of rotatable bonds is 6. The lowest BCUT2D eigenvalue weighted by Gasteiger charge is -2.32. The topological polar surface area (TPSA) is 87.7 Å². The zero-order valence-corrected chi connectivity index (χ0v) is 16.9. The van der Waals surface area contributed by atoms with Crippen molar-refractivity contribution in [3.05, 3.63) is 29.3 Å². The molecule has 0 spiro atoms. The van der Waals surface area contributed by atoms with Gasteiger partial charge in [0.05, 0.1) is 0 Å². The Morgan fingerprint density at radius 2 is 2.00 bits per heavy atom. The number of nitrogens with one attached hydrogen (secondary N) is 2. The third kappa shape index (κ3) is 4.15. The SMILES string of the molecule is CCCN[C@@H]1CCCC[C@@H]1Oc1ccc2c(c1)CN(C1CCC(=O)NC1=O)C2=O. The third-order valence-corrected chi connectivity index (χ3v) is 6.14. The van der Waals surface area contributed by atoms with Gasteiger partial charge in [-0.3, -0.25) is 19.7 Å². The van der Waals surface area contributed by atoms with Crippen molar-refractivity contribution >= 4 is 17.7 Å². The van der Waals surface area contributed by atoms with Crippen LogP contribution in [0.2, 0.25) is 0 Å². The number of amides is 3. The maximum absolute atomic E-state index is 12.8. The molecular weight excluding hydrogens is 370 g/mol. The molecule has 2 aliphatic heterocycles. The minimum atomic E-state index is -0.585. The molecule has 0 bridgehead atoms. The smallest absolute Gasteiger partial charge is 0.255 e. The molecule has 7 nitrogen and oxygen atoms in total. The zero-order valence-electron chi connectivity index (χ0n) is 16.9. The average Bonchev–Trinajstić information content (AvgIpc) is 3.03. The highest BCUT2D eigenvalue weighted by molar-refractivity contribution is 6.05. The molecule has 3 aliphatic rings. The molecule has 1 saturated carbocycles. The first-order chi connectivity index (χ1) is 14.1. The number of nitrogens with zero attached hydrogens (tertiary/aromatic N) is 1. The highest BCUT2D eigenvalue weighted by atomic mass is 16.5. The van der Waals surface area contributed by atoms with E-state index in [1.807, 2.05) is 12.1 Å². The van der Waals surface area contributed by atoms with Gasteiger partial charge in [-0.1, -0.05) is 13.3 Å². The van der Waals surface area contributed by atoms with E-state index in [-0.39, 0.29) is 30.2 Å². The Balaban J connectivity index is 1.46. The highest BCUT2D eigenvalue weighted by Gasteiger charge is 2.39. The molecule has 1 aromatic carbocycles. The number of imide groups is 1. The summed E-state index contributed by atoms with van der Waals surface area (Å²) in [5, 5.41) is 5.94. The van der Waals surface area contributed by atoms with Gasteiger partial charge < -0.3 is 15.0 Å². The third-order valence-electron chi connectivity index (χ3n) is 6.14. The molecule has 1 saturated heterocycles. The van der Waals surface area contributed by atoms with Crippen LogP contribution >= 0.6 is 0 Å². The van der Waals surface area contributed by atoms with E-state index in [4.69, 9.17) is 4.74 Å². The number of hydrogen-bond acceptors (Lipinski definition) is 5. The molecule has 2 heterocycles. The number of benzene rings is 1. The van der Waals surface area contributed by atoms with Gasteiger partial charge in [0, 0.05) is 24.6 Å². The monoisotopic (exact) mass is 399 g/mol. The number of hydrogen-bond donors (Lipinski definition) is 2. The van der Waals surface area contributed by atoms with Gasteiger partial charge in [0.2, 0.25) is 11.8 Å². The lowest BCUT2D eigenvalue weighted by atomic mass is 9.92. The fourth-order valence-corrected chi connectivity index (χ4v) is 4.60. The van der Waals surface area contributed by atoms with Gasteiger partial charge in [-0.2, -0.15) is 0 Å². The summed E-state index contributed by atoms with van der Waals surface area (Å²) in [4.78, 5) is 38.0. The van der Waals surface area contributed by atoms with E-state index in [2.05, 4.69) is 17.6 Å². The standard InChI is InChI=1S/C22H29N3O4/c1-2-11-23-17-5-3-4-6-19(17)29-15-7-8-16-14(12-15)13-25(22(16)28)18-9-10-20(26)24-21(18)27/h7-8,12,17-19,23H,2-6,9-11,13H2,1H3,(H,24,26,27)/t17-,18?,19+/m1/s1. The molecule has 3 amide bonds. The lowest BCUT2D eigenvalue weighted by Crippen LogP contribution is -2.52. The van der Waals surface area contributed by atoms with E-state index in [9.17, 15) is 14.4 Å². The molecule has 1 unspecified atom stereocenters. The predicted molar refractivity (Wildman–Crippen MR) is 107 cm³/mol. The van der Waals surface area contributed by atoms with E-state index >= 15 is 0 Å². The number of ether oxygens (including phenoxy) is 1. The van der Waals surface area contributed by atoms with Crippen molar-refractivity contribution in [2.45, 2.75) is 76.6 Å². The Morgan fingerprint density at radius 1 is 1.17 bits per heavy atom. The molecule has 2 N–H and O–H groups in total. The highest BCUT2D eigenvalue weighted by Crippen LogP contribution is 2.31. The molecule has 29 heavy (non-hydrogen) atoms. The van der Waals surface area contributed by atoms with Crippen LogP contribution in [0.25, 0.3) is 0 Å². The van der Waals surface area contributed by atoms with Crippen LogP contribution in [-0.2, 0) is 16.1 Å².